The van der Waals surface area contributed by atoms with Crippen molar-refractivity contribution in [2.75, 3.05) is 31.9 Å². The van der Waals surface area contributed by atoms with Gasteiger partial charge in [0, 0.05) is 16.7 Å². The molecule has 0 saturated carbocycles. The number of benzene rings is 6. The number of methoxy groups -OCH3 is 2. The first-order valence-corrected chi connectivity index (χ1v) is 22.2. The van der Waals surface area contributed by atoms with Gasteiger partial charge in [0.1, 0.15) is 42.6 Å². The minimum atomic E-state index is -1.28. The molecule has 0 amide bonds. The number of anilines is 1. The number of carbonyl (C=O) groups is 1. The quantitative estimate of drug-likeness (QED) is 0.0231. The number of ether oxygens (including phenoxy) is 4. The largest absolute Gasteiger partial charge is 0.497 e. The van der Waals surface area contributed by atoms with Crippen LogP contribution in [0.4, 0.5) is 5.13 Å². The summed E-state index contributed by atoms with van der Waals surface area (Å²) in [5.41, 5.74) is 4.48. The van der Waals surface area contributed by atoms with E-state index in [1.807, 2.05) is 109 Å². The van der Waals surface area contributed by atoms with Crippen molar-refractivity contribution in [3.05, 3.63) is 197 Å². The molecule has 13 nitrogen and oxygen atoms in total. The molecule has 65 heavy (non-hydrogen) atoms. The van der Waals surface area contributed by atoms with E-state index < -0.39 is 11.5 Å². The summed E-state index contributed by atoms with van der Waals surface area (Å²) in [6.07, 6.45) is 0. The minimum Gasteiger partial charge on any atom is -0.497 e. The Morgan fingerprint density at radius 2 is 1.28 bits per heavy atom. The van der Waals surface area contributed by atoms with Gasteiger partial charge in [-0.15, -0.1) is 21.5 Å². The summed E-state index contributed by atoms with van der Waals surface area (Å²) in [7, 11) is 3.25. The minimum absolute atomic E-state index is 0.0527. The van der Waals surface area contributed by atoms with E-state index in [0.717, 1.165) is 39.3 Å². The lowest BCUT2D eigenvalue weighted by Gasteiger charge is -2.36. The highest BCUT2D eigenvalue weighted by atomic mass is 32.2. The standard InChI is InChI=1S/C50H43N5O8S2/c1-58-40-23-18-34(19-24-40)31-60-43-27-22-36(30-44(43)61-32-35-20-25-41(59-2)26-21-35)46-53-54-49(63-46)64-29-28-62-55-45(47(56)57)42-33-65-48(51-42)52-50(37-12-6-3-7-13-37,38-14-8-4-9-15-38)39-16-10-5-11-17-39/h3-27,30,33H,28-29,31-32H2,1-2H3,(H,51,52)(H,56,57)/b55-45-. The second-order valence-electron chi connectivity index (χ2n) is 14.2. The van der Waals surface area contributed by atoms with Crippen molar-refractivity contribution in [2.45, 2.75) is 24.0 Å². The fourth-order valence-corrected chi connectivity index (χ4v) is 8.20. The molecular weight excluding hydrogens is 863 g/mol. The first-order valence-electron chi connectivity index (χ1n) is 20.4. The number of hydrogen-bond acceptors (Lipinski definition) is 14. The van der Waals surface area contributed by atoms with Crippen LogP contribution in [0.25, 0.3) is 11.5 Å². The number of oxime groups is 1. The molecule has 2 heterocycles. The second kappa shape index (κ2) is 21.2. The van der Waals surface area contributed by atoms with E-state index in [2.05, 4.69) is 57.1 Å². The number of nitrogens with one attached hydrogen (secondary N) is 1. The lowest BCUT2D eigenvalue weighted by atomic mass is 9.77. The van der Waals surface area contributed by atoms with Gasteiger partial charge in [0.15, 0.2) is 16.6 Å². The maximum Gasteiger partial charge on any atom is 0.360 e. The third-order valence-electron chi connectivity index (χ3n) is 10.1. The van der Waals surface area contributed by atoms with E-state index in [0.29, 0.717) is 39.8 Å². The molecule has 0 aliphatic carbocycles. The topological polar surface area (TPSA) is 160 Å². The summed E-state index contributed by atoms with van der Waals surface area (Å²) in [6.45, 7) is 0.642. The maximum absolute atomic E-state index is 12.5. The third kappa shape index (κ3) is 10.8. The number of aliphatic carboxylic acids is 1. The molecule has 0 aliphatic rings. The van der Waals surface area contributed by atoms with E-state index in [9.17, 15) is 9.90 Å². The average molecular weight is 906 g/mol. The van der Waals surface area contributed by atoms with Gasteiger partial charge in [0.2, 0.25) is 11.6 Å². The van der Waals surface area contributed by atoms with Crippen molar-refractivity contribution in [1.82, 2.24) is 15.2 Å². The van der Waals surface area contributed by atoms with Crippen LogP contribution in [-0.2, 0) is 28.4 Å². The van der Waals surface area contributed by atoms with Crippen LogP contribution in [0.3, 0.4) is 0 Å². The normalized spacial score (nSPS) is 11.4. The third-order valence-corrected chi connectivity index (χ3v) is 11.7. The first-order chi connectivity index (χ1) is 31.9. The van der Waals surface area contributed by atoms with Crippen molar-refractivity contribution < 1.29 is 38.1 Å². The maximum atomic E-state index is 12.5. The smallest absolute Gasteiger partial charge is 0.360 e. The van der Waals surface area contributed by atoms with Gasteiger partial charge in [-0.05, 0) is 70.3 Å². The number of carboxylic acid groups (broad SMARTS) is 1. The van der Waals surface area contributed by atoms with Crippen LogP contribution >= 0.6 is 23.1 Å². The number of carboxylic acids is 1. The number of thioether (sulfide) groups is 1. The molecule has 0 saturated heterocycles. The van der Waals surface area contributed by atoms with Crippen molar-refractivity contribution in [3.8, 4) is 34.5 Å². The Hall–Kier alpha value is -7.62. The molecule has 328 valence electrons. The Balaban J connectivity index is 0.926. The zero-order valence-corrected chi connectivity index (χ0v) is 37.0. The average Bonchev–Trinajstić information content (AvgIpc) is 4.04. The number of thiazole rings is 1. The Bertz CT molecular complexity index is 2710. The monoisotopic (exact) mass is 905 g/mol. The fourth-order valence-electron chi connectivity index (χ4n) is 6.88. The predicted octanol–water partition coefficient (Wildman–Crippen LogP) is 10.4. The lowest BCUT2D eigenvalue weighted by molar-refractivity contribution is -0.129. The lowest BCUT2D eigenvalue weighted by Crippen LogP contribution is -2.38. The van der Waals surface area contributed by atoms with Crippen LogP contribution in [0.2, 0.25) is 0 Å². The van der Waals surface area contributed by atoms with Crippen molar-refractivity contribution in [1.29, 1.82) is 0 Å². The van der Waals surface area contributed by atoms with Crippen molar-refractivity contribution in [3.63, 3.8) is 0 Å². The zero-order chi connectivity index (χ0) is 44.9. The summed E-state index contributed by atoms with van der Waals surface area (Å²) >= 11 is 2.52. The summed E-state index contributed by atoms with van der Waals surface area (Å²) in [4.78, 5) is 22.7. The van der Waals surface area contributed by atoms with Crippen LogP contribution in [0, 0.1) is 0 Å². The SMILES string of the molecule is COc1ccc(COc2ccc(-c3nnc(SCCO/N=C(\C(=O)O)c4csc(NC(c5ccccc5)(c5ccccc5)c5ccccc5)n4)o3)cc2OCc2ccc(OC)cc2)cc1. The van der Waals surface area contributed by atoms with Gasteiger partial charge >= 0.3 is 5.97 Å². The van der Waals surface area contributed by atoms with E-state index in [1.165, 1.54) is 23.1 Å². The highest BCUT2D eigenvalue weighted by molar-refractivity contribution is 7.99. The fraction of sp³-hybridized carbons (Fsp3) is 0.140. The number of rotatable bonds is 21. The van der Waals surface area contributed by atoms with E-state index in [-0.39, 0.29) is 30.5 Å². The molecule has 2 N–H and O–H groups in total. The van der Waals surface area contributed by atoms with Crippen LogP contribution in [0.15, 0.2) is 178 Å². The Kier molecular flexibility index (Phi) is 14.3. The summed E-state index contributed by atoms with van der Waals surface area (Å²) in [5.74, 6) is 1.88. The molecule has 2 aromatic heterocycles. The van der Waals surface area contributed by atoms with Gasteiger partial charge in [0.05, 0.1) is 14.2 Å². The van der Waals surface area contributed by atoms with E-state index in [4.69, 9.17) is 33.2 Å². The molecule has 0 bridgehead atoms. The van der Waals surface area contributed by atoms with E-state index >= 15 is 0 Å². The zero-order valence-electron chi connectivity index (χ0n) is 35.3. The Labute approximate surface area is 383 Å². The second-order valence-corrected chi connectivity index (χ2v) is 16.2. The molecule has 0 radical (unpaired) electrons. The van der Waals surface area contributed by atoms with Crippen LogP contribution < -0.4 is 24.3 Å². The van der Waals surface area contributed by atoms with Gasteiger partial charge in [-0.3, -0.25) is 0 Å². The molecule has 15 heteroatoms. The molecule has 0 aliphatic heterocycles. The van der Waals surface area contributed by atoms with Crippen molar-refractivity contribution >= 4 is 39.9 Å². The number of hydrogen-bond donors (Lipinski definition) is 2. The highest BCUT2D eigenvalue weighted by Gasteiger charge is 2.37. The molecule has 0 unspecified atom stereocenters. The molecule has 0 atom stereocenters. The molecule has 0 spiro atoms. The highest BCUT2D eigenvalue weighted by Crippen LogP contribution is 2.41. The van der Waals surface area contributed by atoms with Gasteiger partial charge in [0.25, 0.3) is 5.22 Å². The first kappa shape index (κ1) is 44.0. The number of aromatic nitrogens is 3. The van der Waals surface area contributed by atoms with Crippen LogP contribution in [0.1, 0.15) is 33.5 Å². The molecular formula is C50H43N5O8S2. The molecule has 8 aromatic rings. The van der Waals surface area contributed by atoms with Gasteiger partial charge < -0.3 is 38.6 Å². The van der Waals surface area contributed by atoms with Gasteiger partial charge in [-0.2, -0.15) is 0 Å². The number of nitrogens with zero attached hydrogens (tertiary/aromatic N) is 4. The van der Waals surface area contributed by atoms with Gasteiger partial charge in [-0.1, -0.05) is 132 Å². The molecule has 6 aromatic carbocycles. The summed E-state index contributed by atoms with van der Waals surface area (Å²) < 4.78 is 29.0. The molecule has 8 rings (SSSR count). The van der Waals surface area contributed by atoms with Crippen LogP contribution in [0.5, 0.6) is 23.0 Å². The van der Waals surface area contributed by atoms with Crippen molar-refractivity contribution in [2.24, 2.45) is 5.16 Å². The van der Waals surface area contributed by atoms with Crippen LogP contribution in [-0.4, -0.2) is 58.5 Å². The summed E-state index contributed by atoms with van der Waals surface area (Å²) in [5, 5.41) is 28.7. The van der Waals surface area contributed by atoms with Gasteiger partial charge in [-0.25, -0.2) is 9.78 Å². The molecule has 0 fully saturated rings. The Morgan fingerprint density at radius 1 is 0.723 bits per heavy atom. The summed E-state index contributed by atoms with van der Waals surface area (Å²) in [6, 6.07) is 50.9. The predicted molar refractivity (Wildman–Crippen MR) is 250 cm³/mol. The van der Waals surface area contributed by atoms with E-state index in [1.54, 1.807) is 31.7 Å². The Morgan fingerprint density at radius 3 is 1.82 bits per heavy atom.